The number of carbonyl (C=O) groups is 1. The van der Waals surface area contributed by atoms with Gasteiger partial charge in [0.1, 0.15) is 11.5 Å². The SMILES string of the molecule is COc1ccc2c(NC=O)c(-c3ccc(O)cc3)[nH]c(=O)c2c1. The number of benzene rings is 2. The van der Waals surface area contributed by atoms with E-state index < -0.39 is 0 Å². The Morgan fingerprint density at radius 2 is 1.87 bits per heavy atom. The maximum absolute atomic E-state index is 12.4. The molecule has 0 saturated carbocycles. The van der Waals surface area contributed by atoms with E-state index in [-0.39, 0.29) is 11.3 Å². The highest BCUT2D eigenvalue weighted by Crippen LogP contribution is 2.33. The largest absolute Gasteiger partial charge is 0.508 e. The minimum Gasteiger partial charge on any atom is -0.508 e. The van der Waals surface area contributed by atoms with Gasteiger partial charge in [0.2, 0.25) is 6.41 Å². The first-order valence-electron chi connectivity index (χ1n) is 6.87. The van der Waals surface area contributed by atoms with Gasteiger partial charge in [-0.25, -0.2) is 0 Å². The summed E-state index contributed by atoms with van der Waals surface area (Å²) in [6, 6.07) is 11.4. The van der Waals surface area contributed by atoms with Crippen LogP contribution in [0, 0.1) is 0 Å². The molecule has 23 heavy (non-hydrogen) atoms. The average molecular weight is 310 g/mol. The zero-order valence-electron chi connectivity index (χ0n) is 12.3. The van der Waals surface area contributed by atoms with Crippen molar-refractivity contribution < 1.29 is 14.6 Å². The Kier molecular flexibility index (Phi) is 3.72. The van der Waals surface area contributed by atoms with Crippen LogP contribution in [-0.4, -0.2) is 23.6 Å². The van der Waals surface area contributed by atoms with E-state index in [1.807, 2.05) is 0 Å². The molecular weight excluding hydrogens is 296 g/mol. The molecule has 0 aliphatic heterocycles. The standard InChI is InChI=1S/C17H14N2O4/c1-23-12-6-7-13-14(8-12)17(22)19-15(16(13)18-9-20)10-2-4-11(21)5-3-10/h2-9,21H,1H3,(H,18,20)(H,19,22). The van der Waals surface area contributed by atoms with Gasteiger partial charge in [0.25, 0.3) is 5.56 Å². The number of hydrogen-bond acceptors (Lipinski definition) is 4. The fourth-order valence-electron chi connectivity index (χ4n) is 2.49. The number of nitrogens with one attached hydrogen (secondary N) is 2. The Bertz CT molecular complexity index is 930. The van der Waals surface area contributed by atoms with E-state index in [1.165, 1.54) is 19.2 Å². The Balaban J connectivity index is 2.33. The number of carbonyl (C=O) groups excluding carboxylic acids is 1. The number of amides is 1. The third-order valence-electron chi connectivity index (χ3n) is 3.59. The van der Waals surface area contributed by atoms with Crippen LogP contribution in [0.5, 0.6) is 11.5 Å². The number of anilines is 1. The highest BCUT2D eigenvalue weighted by atomic mass is 16.5. The number of rotatable bonds is 4. The summed E-state index contributed by atoms with van der Waals surface area (Å²) in [4.78, 5) is 26.2. The van der Waals surface area contributed by atoms with E-state index >= 15 is 0 Å². The molecule has 0 fully saturated rings. The van der Waals surface area contributed by atoms with Crippen molar-refractivity contribution in [2.45, 2.75) is 0 Å². The van der Waals surface area contributed by atoms with Gasteiger partial charge in [-0.15, -0.1) is 0 Å². The Morgan fingerprint density at radius 1 is 1.13 bits per heavy atom. The van der Waals surface area contributed by atoms with Crippen LogP contribution in [0.1, 0.15) is 0 Å². The fourth-order valence-corrected chi connectivity index (χ4v) is 2.49. The fraction of sp³-hybridized carbons (Fsp3) is 0.0588. The van der Waals surface area contributed by atoms with Gasteiger partial charge < -0.3 is 20.1 Å². The van der Waals surface area contributed by atoms with Crippen LogP contribution >= 0.6 is 0 Å². The molecule has 0 radical (unpaired) electrons. The van der Waals surface area contributed by atoms with Crippen LogP contribution in [0.25, 0.3) is 22.0 Å². The van der Waals surface area contributed by atoms with Crippen molar-refractivity contribution in [2.24, 2.45) is 0 Å². The number of ether oxygens (including phenoxy) is 1. The quantitative estimate of drug-likeness (QED) is 0.646. The number of aromatic amines is 1. The second-order valence-corrected chi connectivity index (χ2v) is 4.92. The lowest BCUT2D eigenvalue weighted by atomic mass is 10.0. The molecule has 116 valence electrons. The van der Waals surface area contributed by atoms with Gasteiger partial charge in [0.15, 0.2) is 0 Å². The smallest absolute Gasteiger partial charge is 0.256 e. The second kappa shape index (κ2) is 5.84. The first-order valence-corrected chi connectivity index (χ1v) is 6.87. The van der Waals surface area contributed by atoms with Crippen LogP contribution in [0.2, 0.25) is 0 Å². The van der Waals surface area contributed by atoms with Crippen molar-refractivity contribution in [1.29, 1.82) is 0 Å². The van der Waals surface area contributed by atoms with Crippen LogP contribution < -0.4 is 15.6 Å². The molecule has 0 bridgehead atoms. The molecule has 6 nitrogen and oxygen atoms in total. The number of pyridine rings is 1. The summed E-state index contributed by atoms with van der Waals surface area (Å²) in [6.45, 7) is 0. The Labute approximate surface area is 131 Å². The number of fused-ring (bicyclic) bond motifs is 1. The topological polar surface area (TPSA) is 91.4 Å². The average Bonchev–Trinajstić information content (AvgIpc) is 2.58. The Morgan fingerprint density at radius 3 is 2.52 bits per heavy atom. The van der Waals surface area contributed by atoms with Crippen LogP contribution in [0.4, 0.5) is 5.69 Å². The highest BCUT2D eigenvalue weighted by Gasteiger charge is 2.13. The van der Waals surface area contributed by atoms with Crippen LogP contribution in [0.15, 0.2) is 47.3 Å². The molecule has 2 aromatic carbocycles. The van der Waals surface area contributed by atoms with E-state index in [4.69, 9.17) is 4.74 Å². The molecule has 3 aromatic rings. The van der Waals surface area contributed by atoms with Crippen molar-refractivity contribution in [2.75, 3.05) is 12.4 Å². The van der Waals surface area contributed by atoms with E-state index in [0.29, 0.717) is 39.9 Å². The summed E-state index contributed by atoms with van der Waals surface area (Å²) in [5, 5.41) is 13.1. The maximum atomic E-state index is 12.4. The van der Waals surface area contributed by atoms with Crippen LogP contribution in [0.3, 0.4) is 0 Å². The molecule has 0 spiro atoms. The number of hydrogen-bond donors (Lipinski definition) is 3. The summed E-state index contributed by atoms with van der Waals surface area (Å²) >= 11 is 0. The minimum absolute atomic E-state index is 0.117. The van der Waals surface area contributed by atoms with Gasteiger partial charge in [-0.2, -0.15) is 0 Å². The number of phenols is 1. The Hall–Kier alpha value is -3.28. The van der Waals surface area contributed by atoms with Crippen molar-refractivity contribution in [3.63, 3.8) is 0 Å². The lowest BCUT2D eigenvalue weighted by Gasteiger charge is -2.13. The molecule has 6 heteroatoms. The molecule has 1 heterocycles. The molecule has 0 aliphatic carbocycles. The molecule has 0 unspecified atom stereocenters. The van der Waals surface area contributed by atoms with Gasteiger partial charge in [-0.05, 0) is 42.5 Å². The van der Waals surface area contributed by atoms with Gasteiger partial charge in [-0.3, -0.25) is 9.59 Å². The van der Waals surface area contributed by atoms with Crippen molar-refractivity contribution in [1.82, 2.24) is 4.98 Å². The number of phenolic OH excluding ortho intramolecular Hbond substituents is 1. The summed E-state index contributed by atoms with van der Waals surface area (Å²) in [5.74, 6) is 0.670. The van der Waals surface area contributed by atoms with Crippen LogP contribution in [-0.2, 0) is 4.79 Å². The van der Waals surface area contributed by atoms with Crippen molar-refractivity contribution in [3.8, 4) is 22.8 Å². The lowest BCUT2D eigenvalue weighted by molar-refractivity contribution is -0.105. The number of aromatic hydroxyl groups is 1. The van der Waals surface area contributed by atoms with E-state index in [0.717, 1.165) is 0 Å². The number of methoxy groups -OCH3 is 1. The maximum Gasteiger partial charge on any atom is 0.256 e. The normalized spacial score (nSPS) is 10.5. The molecule has 0 saturated heterocycles. The molecule has 0 atom stereocenters. The second-order valence-electron chi connectivity index (χ2n) is 4.92. The summed E-state index contributed by atoms with van der Waals surface area (Å²) in [5.41, 5.74) is 1.34. The third-order valence-corrected chi connectivity index (χ3v) is 3.59. The van der Waals surface area contributed by atoms with Crippen molar-refractivity contribution >= 4 is 22.9 Å². The minimum atomic E-state index is -0.293. The zero-order valence-corrected chi connectivity index (χ0v) is 12.3. The van der Waals surface area contributed by atoms with E-state index in [9.17, 15) is 14.7 Å². The molecule has 0 aliphatic rings. The summed E-state index contributed by atoms with van der Waals surface area (Å²) < 4.78 is 5.13. The molecule has 3 N–H and O–H groups in total. The summed E-state index contributed by atoms with van der Waals surface area (Å²) in [7, 11) is 1.52. The molecule has 1 amide bonds. The summed E-state index contributed by atoms with van der Waals surface area (Å²) in [6.07, 6.45) is 0.557. The van der Waals surface area contributed by atoms with Gasteiger partial charge >= 0.3 is 0 Å². The first kappa shape index (κ1) is 14.6. The van der Waals surface area contributed by atoms with Gasteiger partial charge in [0, 0.05) is 10.9 Å². The zero-order chi connectivity index (χ0) is 16.4. The number of H-pyrrole nitrogens is 1. The predicted molar refractivity (Wildman–Crippen MR) is 87.9 cm³/mol. The van der Waals surface area contributed by atoms with Gasteiger partial charge in [-0.1, -0.05) is 0 Å². The van der Waals surface area contributed by atoms with Gasteiger partial charge in [0.05, 0.1) is 23.9 Å². The van der Waals surface area contributed by atoms with E-state index in [2.05, 4.69) is 10.3 Å². The highest BCUT2D eigenvalue weighted by molar-refractivity contribution is 6.03. The monoisotopic (exact) mass is 310 g/mol. The van der Waals surface area contributed by atoms with E-state index in [1.54, 1.807) is 30.3 Å². The molecule has 1 aromatic heterocycles. The molecular formula is C17H14N2O4. The third kappa shape index (κ3) is 2.62. The lowest BCUT2D eigenvalue weighted by Crippen LogP contribution is -2.11. The van der Waals surface area contributed by atoms with Crippen molar-refractivity contribution in [3.05, 3.63) is 52.8 Å². The first-order chi connectivity index (χ1) is 11.1. The molecule has 3 rings (SSSR count). The predicted octanol–water partition coefficient (Wildman–Crippen LogP) is 2.48. The number of aromatic nitrogens is 1.